The number of carbonyl (C=O) groups excluding carboxylic acids is 3. The molecule has 4 amide bonds. The predicted octanol–water partition coefficient (Wildman–Crippen LogP) is 2.50. The Morgan fingerprint density at radius 1 is 0.903 bits per heavy atom. The molecule has 0 radical (unpaired) electrons. The van der Waals surface area contributed by atoms with Gasteiger partial charge in [0.15, 0.2) is 0 Å². The summed E-state index contributed by atoms with van der Waals surface area (Å²) in [5.74, 6) is -0.510. The van der Waals surface area contributed by atoms with Gasteiger partial charge in [-0.3, -0.25) is 14.5 Å². The smallest absolute Gasteiger partial charge is 0.318 e. The number of carbonyl (C=O) groups is 3. The molecule has 1 atom stereocenters. The first-order valence-electron chi connectivity index (χ1n) is 10.4. The van der Waals surface area contributed by atoms with E-state index in [-0.39, 0.29) is 17.8 Å². The maximum Gasteiger partial charge on any atom is 0.318 e. The number of piperazine rings is 1. The van der Waals surface area contributed by atoms with Crippen molar-refractivity contribution in [3.05, 3.63) is 60.2 Å². The standard InChI is InChI=1S/C23H29N5O3/c1-17(22(30)26-21-10-6-9-20(15-21)25-18(2)29)24-23(31)28-13-11-27(12-14-28)16-19-7-4-3-5-8-19/h3-10,15,17H,11-14,16H2,1-2H3,(H,24,31)(H,25,29)(H,26,30)/t17-/m0/s1. The number of hydrogen-bond donors (Lipinski definition) is 3. The van der Waals surface area contributed by atoms with Crippen molar-refractivity contribution in [2.75, 3.05) is 36.8 Å². The fourth-order valence-electron chi connectivity index (χ4n) is 3.42. The zero-order valence-corrected chi connectivity index (χ0v) is 17.9. The van der Waals surface area contributed by atoms with Gasteiger partial charge in [0.2, 0.25) is 11.8 Å². The van der Waals surface area contributed by atoms with Crippen LogP contribution in [-0.2, 0) is 16.1 Å². The first kappa shape index (κ1) is 22.3. The normalized spacial score (nSPS) is 15.1. The van der Waals surface area contributed by atoms with Gasteiger partial charge in [-0.05, 0) is 30.7 Å². The molecule has 0 unspecified atom stereocenters. The van der Waals surface area contributed by atoms with Crippen molar-refractivity contribution in [1.82, 2.24) is 15.1 Å². The number of anilines is 2. The highest BCUT2D eigenvalue weighted by Crippen LogP contribution is 2.15. The third-order valence-electron chi connectivity index (χ3n) is 5.09. The quantitative estimate of drug-likeness (QED) is 0.666. The number of nitrogens with one attached hydrogen (secondary N) is 3. The summed E-state index contributed by atoms with van der Waals surface area (Å²) in [7, 11) is 0. The zero-order chi connectivity index (χ0) is 22.2. The molecule has 1 aliphatic heterocycles. The van der Waals surface area contributed by atoms with Crippen LogP contribution in [0.4, 0.5) is 16.2 Å². The van der Waals surface area contributed by atoms with Crippen LogP contribution in [0.2, 0.25) is 0 Å². The molecule has 31 heavy (non-hydrogen) atoms. The summed E-state index contributed by atoms with van der Waals surface area (Å²) >= 11 is 0. The van der Waals surface area contributed by atoms with Crippen LogP contribution in [-0.4, -0.2) is 59.9 Å². The van der Waals surface area contributed by atoms with Crippen LogP contribution >= 0.6 is 0 Å². The van der Waals surface area contributed by atoms with Gasteiger partial charge in [-0.15, -0.1) is 0 Å². The van der Waals surface area contributed by atoms with Crippen molar-refractivity contribution >= 4 is 29.2 Å². The fraction of sp³-hybridized carbons (Fsp3) is 0.348. The van der Waals surface area contributed by atoms with Gasteiger partial charge in [0.25, 0.3) is 0 Å². The van der Waals surface area contributed by atoms with Crippen LogP contribution in [0.15, 0.2) is 54.6 Å². The molecule has 2 aromatic rings. The molecule has 0 aliphatic carbocycles. The SMILES string of the molecule is CC(=O)Nc1cccc(NC(=O)[C@H](C)NC(=O)N2CCN(Cc3ccccc3)CC2)c1. The summed E-state index contributed by atoms with van der Waals surface area (Å²) in [4.78, 5) is 40.3. The van der Waals surface area contributed by atoms with Crippen molar-refractivity contribution in [3.63, 3.8) is 0 Å². The van der Waals surface area contributed by atoms with E-state index in [1.54, 1.807) is 36.1 Å². The highest BCUT2D eigenvalue weighted by atomic mass is 16.2. The minimum absolute atomic E-state index is 0.187. The molecule has 1 saturated heterocycles. The molecule has 1 fully saturated rings. The molecule has 3 N–H and O–H groups in total. The first-order valence-corrected chi connectivity index (χ1v) is 10.4. The van der Waals surface area contributed by atoms with Crippen molar-refractivity contribution in [2.45, 2.75) is 26.4 Å². The van der Waals surface area contributed by atoms with Gasteiger partial charge in [0.05, 0.1) is 0 Å². The van der Waals surface area contributed by atoms with Gasteiger partial charge in [0, 0.05) is 51.0 Å². The fourth-order valence-corrected chi connectivity index (χ4v) is 3.42. The number of nitrogens with zero attached hydrogens (tertiary/aromatic N) is 2. The Morgan fingerprint density at radius 3 is 2.19 bits per heavy atom. The van der Waals surface area contributed by atoms with Crippen LogP contribution in [0.25, 0.3) is 0 Å². The molecule has 0 aromatic heterocycles. The lowest BCUT2D eigenvalue weighted by Gasteiger charge is -2.35. The Morgan fingerprint density at radius 2 is 1.55 bits per heavy atom. The topological polar surface area (TPSA) is 93.8 Å². The summed E-state index contributed by atoms with van der Waals surface area (Å²) in [6, 6.07) is 16.2. The molecule has 0 saturated carbocycles. The monoisotopic (exact) mass is 423 g/mol. The maximum absolute atomic E-state index is 12.6. The first-order chi connectivity index (χ1) is 14.9. The van der Waals surface area contributed by atoms with E-state index in [2.05, 4.69) is 33.0 Å². The maximum atomic E-state index is 12.6. The van der Waals surface area contributed by atoms with Gasteiger partial charge in [0.1, 0.15) is 6.04 Å². The van der Waals surface area contributed by atoms with E-state index in [1.165, 1.54) is 12.5 Å². The summed E-state index contributed by atoms with van der Waals surface area (Å²) in [6.45, 7) is 6.75. The van der Waals surface area contributed by atoms with E-state index < -0.39 is 6.04 Å². The molecule has 0 bridgehead atoms. The molecule has 1 heterocycles. The zero-order valence-electron chi connectivity index (χ0n) is 17.9. The van der Waals surface area contributed by atoms with Crippen molar-refractivity contribution in [2.24, 2.45) is 0 Å². The van der Waals surface area contributed by atoms with Gasteiger partial charge in [-0.2, -0.15) is 0 Å². The van der Waals surface area contributed by atoms with E-state index in [0.29, 0.717) is 24.5 Å². The highest BCUT2D eigenvalue weighted by molar-refractivity contribution is 5.97. The van der Waals surface area contributed by atoms with Crippen LogP contribution < -0.4 is 16.0 Å². The largest absolute Gasteiger partial charge is 0.326 e. The third kappa shape index (κ3) is 6.82. The Kier molecular flexibility index (Phi) is 7.61. The molecule has 164 valence electrons. The Bertz CT molecular complexity index is 910. The van der Waals surface area contributed by atoms with Crippen LogP contribution in [0.3, 0.4) is 0 Å². The summed E-state index contributed by atoms with van der Waals surface area (Å²) in [5, 5.41) is 8.20. The second kappa shape index (κ2) is 10.6. The minimum atomic E-state index is -0.695. The van der Waals surface area contributed by atoms with E-state index >= 15 is 0 Å². The van der Waals surface area contributed by atoms with Crippen molar-refractivity contribution in [1.29, 1.82) is 0 Å². The number of amides is 4. The Labute approximate surface area is 182 Å². The van der Waals surface area contributed by atoms with Crippen molar-refractivity contribution < 1.29 is 14.4 Å². The molecule has 8 heteroatoms. The van der Waals surface area contributed by atoms with Crippen LogP contribution in [0.1, 0.15) is 19.4 Å². The third-order valence-corrected chi connectivity index (χ3v) is 5.09. The molecular weight excluding hydrogens is 394 g/mol. The van der Waals surface area contributed by atoms with E-state index in [4.69, 9.17) is 0 Å². The number of benzene rings is 2. The average Bonchev–Trinajstić information content (AvgIpc) is 2.74. The summed E-state index contributed by atoms with van der Waals surface area (Å²) in [5.41, 5.74) is 2.40. The second-order valence-electron chi connectivity index (χ2n) is 7.67. The lowest BCUT2D eigenvalue weighted by molar-refractivity contribution is -0.117. The molecule has 2 aromatic carbocycles. The molecule has 3 rings (SSSR count). The Balaban J connectivity index is 1.45. The second-order valence-corrected chi connectivity index (χ2v) is 7.67. The number of urea groups is 1. The lowest BCUT2D eigenvalue weighted by Crippen LogP contribution is -2.54. The predicted molar refractivity (Wildman–Crippen MR) is 121 cm³/mol. The van der Waals surface area contributed by atoms with Gasteiger partial charge in [-0.25, -0.2) is 4.79 Å². The average molecular weight is 424 g/mol. The lowest BCUT2D eigenvalue weighted by atomic mass is 10.2. The van der Waals surface area contributed by atoms with Crippen LogP contribution in [0, 0.1) is 0 Å². The molecule has 0 spiro atoms. The van der Waals surface area contributed by atoms with Crippen LogP contribution in [0.5, 0.6) is 0 Å². The summed E-state index contributed by atoms with van der Waals surface area (Å²) < 4.78 is 0. The van der Waals surface area contributed by atoms with E-state index in [9.17, 15) is 14.4 Å². The van der Waals surface area contributed by atoms with E-state index in [1.807, 2.05) is 18.2 Å². The number of hydrogen-bond acceptors (Lipinski definition) is 4. The molecule has 8 nitrogen and oxygen atoms in total. The summed E-state index contributed by atoms with van der Waals surface area (Å²) in [6.07, 6.45) is 0. The van der Waals surface area contributed by atoms with Crippen molar-refractivity contribution in [3.8, 4) is 0 Å². The van der Waals surface area contributed by atoms with Gasteiger partial charge >= 0.3 is 6.03 Å². The molecular formula is C23H29N5O3. The highest BCUT2D eigenvalue weighted by Gasteiger charge is 2.24. The van der Waals surface area contributed by atoms with E-state index in [0.717, 1.165) is 19.6 Å². The Hall–Kier alpha value is -3.39. The number of rotatable bonds is 6. The van der Waals surface area contributed by atoms with Gasteiger partial charge in [-0.1, -0.05) is 36.4 Å². The van der Waals surface area contributed by atoms with Gasteiger partial charge < -0.3 is 20.9 Å². The molecule has 1 aliphatic rings. The minimum Gasteiger partial charge on any atom is -0.326 e.